The normalized spacial score (nSPS) is 16.1. The number of aryl methyl sites for hydroxylation is 1. The van der Waals surface area contributed by atoms with Crippen LogP contribution < -0.4 is 0 Å². The van der Waals surface area contributed by atoms with Crippen LogP contribution >= 0.6 is 0 Å². The Morgan fingerprint density at radius 1 is 1.20 bits per heavy atom. The highest BCUT2D eigenvalue weighted by atomic mass is 16.4. The van der Waals surface area contributed by atoms with Gasteiger partial charge in [-0.3, -0.25) is 9.59 Å². The standard InChI is InChI=1S/C16H21NO3/c1-2-3-12-4-6-13(7-5-12)15(18)17-10-8-14(9-11-17)16(19)20/h4-7,14H,2-3,8-11H2,1H3,(H,19,20). The number of carboxylic acid groups (broad SMARTS) is 1. The second kappa shape index (κ2) is 6.55. The highest BCUT2D eigenvalue weighted by molar-refractivity contribution is 5.94. The molecule has 1 fully saturated rings. The molecule has 4 heteroatoms. The van der Waals surface area contributed by atoms with E-state index in [9.17, 15) is 9.59 Å². The van der Waals surface area contributed by atoms with Crippen LogP contribution in [0.3, 0.4) is 0 Å². The number of benzene rings is 1. The van der Waals surface area contributed by atoms with Gasteiger partial charge in [0.05, 0.1) is 5.92 Å². The van der Waals surface area contributed by atoms with Crippen LogP contribution in [-0.2, 0) is 11.2 Å². The van der Waals surface area contributed by atoms with Crippen LogP contribution in [0.25, 0.3) is 0 Å². The minimum Gasteiger partial charge on any atom is -0.481 e. The zero-order valence-electron chi connectivity index (χ0n) is 11.8. The predicted molar refractivity (Wildman–Crippen MR) is 76.7 cm³/mol. The Labute approximate surface area is 119 Å². The third kappa shape index (κ3) is 3.38. The summed E-state index contributed by atoms with van der Waals surface area (Å²) in [6, 6.07) is 7.74. The van der Waals surface area contributed by atoms with E-state index in [2.05, 4.69) is 6.92 Å². The molecule has 4 nitrogen and oxygen atoms in total. The molecule has 2 rings (SSSR count). The van der Waals surface area contributed by atoms with Gasteiger partial charge in [0.1, 0.15) is 0 Å². The molecule has 0 saturated carbocycles. The summed E-state index contributed by atoms with van der Waals surface area (Å²) in [5.41, 5.74) is 1.94. The summed E-state index contributed by atoms with van der Waals surface area (Å²) in [5, 5.41) is 8.96. The molecule has 0 atom stereocenters. The molecule has 0 aromatic heterocycles. The largest absolute Gasteiger partial charge is 0.481 e. The Kier molecular flexibility index (Phi) is 4.77. The van der Waals surface area contributed by atoms with Crippen molar-refractivity contribution in [1.29, 1.82) is 0 Å². The van der Waals surface area contributed by atoms with Crippen LogP contribution in [0, 0.1) is 5.92 Å². The first-order valence-corrected chi connectivity index (χ1v) is 7.23. The molecule has 108 valence electrons. The number of aliphatic carboxylic acids is 1. The molecule has 20 heavy (non-hydrogen) atoms. The number of likely N-dealkylation sites (tertiary alicyclic amines) is 1. The second-order valence-electron chi connectivity index (χ2n) is 5.35. The first-order valence-electron chi connectivity index (χ1n) is 7.23. The molecule has 0 unspecified atom stereocenters. The lowest BCUT2D eigenvalue weighted by atomic mass is 9.96. The molecule has 1 aliphatic rings. The summed E-state index contributed by atoms with van der Waals surface area (Å²) < 4.78 is 0. The molecule has 1 N–H and O–H groups in total. The quantitative estimate of drug-likeness (QED) is 0.918. The first-order chi connectivity index (χ1) is 9.61. The van der Waals surface area contributed by atoms with Crippen molar-refractivity contribution < 1.29 is 14.7 Å². The van der Waals surface area contributed by atoms with E-state index in [0.717, 1.165) is 12.8 Å². The number of piperidine rings is 1. The number of amides is 1. The van der Waals surface area contributed by atoms with Gasteiger partial charge in [-0.15, -0.1) is 0 Å². The minimum absolute atomic E-state index is 0.0110. The van der Waals surface area contributed by atoms with E-state index < -0.39 is 5.97 Å². The maximum Gasteiger partial charge on any atom is 0.306 e. The van der Waals surface area contributed by atoms with Gasteiger partial charge in [-0.1, -0.05) is 25.5 Å². The van der Waals surface area contributed by atoms with Gasteiger partial charge in [0.25, 0.3) is 5.91 Å². The topological polar surface area (TPSA) is 57.6 Å². The van der Waals surface area contributed by atoms with Crippen molar-refractivity contribution in [2.45, 2.75) is 32.6 Å². The summed E-state index contributed by atoms with van der Waals surface area (Å²) in [5.74, 6) is -1.04. The van der Waals surface area contributed by atoms with Crippen LogP contribution in [0.1, 0.15) is 42.1 Å². The monoisotopic (exact) mass is 275 g/mol. The Bertz CT molecular complexity index is 473. The fourth-order valence-electron chi connectivity index (χ4n) is 2.61. The average Bonchev–Trinajstić information content (AvgIpc) is 2.48. The van der Waals surface area contributed by atoms with Crippen LogP contribution in [0.5, 0.6) is 0 Å². The number of hydrogen-bond acceptors (Lipinski definition) is 2. The average molecular weight is 275 g/mol. The molecule has 1 heterocycles. The number of carboxylic acids is 1. The SMILES string of the molecule is CCCc1ccc(C(=O)N2CCC(C(=O)O)CC2)cc1. The third-order valence-corrected chi connectivity index (χ3v) is 3.87. The summed E-state index contributed by atoms with van der Waals surface area (Å²) in [6.07, 6.45) is 3.22. The molecule has 1 amide bonds. The number of nitrogens with zero attached hydrogens (tertiary/aromatic N) is 1. The number of hydrogen-bond donors (Lipinski definition) is 1. The van der Waals surface area contributed by atoms with Crippen LogP contribution in [0.15, 0.2) is 24.3 Å². The summed E-state index contributed by atoms with van der Waals surface area (Å²) in [4.78, 5) is 25.0. The van der Waals surface area contributed by atoms with E-state index in [4.69, 9.17) is 5.11 Å². The van der Waals surface area contributed by atoms with Crippen LogP contribution in [0.4, 0.5) is 0 Å². The van der Waals surface area contributed by atoms with Gasteiger partial charge in [0.15, 0.2) is 0 Å². The molecule has 0 radical (unpaired) electrons. The van der Waals surface area contributed by atoms with Crippen LogP contribution in [-0.4, -0.2) is 35.0 Å². The van der Waals surface area contributed by atoms with Crippen molar-refractivity contribution in [1.82, 2.24) is 4.90 Å². The molecule has 1 aromatic carbocycles. The van der Waals surface area contributed by atoms with E-state index >= 15 is 0 Å². The van der Waals surface area contributed by atoms with Gasteiger partial charge in [0, 0.05) is 18.7 Å². The Morgan fingerprint density at radius 3 is 2.30 bits per heavy atom. The van der Waals surface area contributed by atoms with E-state index in [1.807, 2.05) is 24.3 Å². The van der Waals surface area contributed by atoms with Crippen molar-refractivity contribution in [3.63, 3.8) is 0 Å². The van der Waals surface area contributed by atoms with Crippen molar-refractivity contribution in [2.24, 2.45) is 5.92 Å². The van der Waals surface area contributed by atoms with Gasteiger partial charge in [-0.05, 0) is 37.0 Å². The molecule has 1 aliphatic heterocycles. The van der Waals surface area contributed by atoms with E-state index in [0.29, 0.717) is 31.5 Å². The second-order valence-corrected chi connectivity index (χ2v) is 5.35. The molecule has 0 spiro atoms. The molecule has 0 aliphatic carbocycles. The van der Waals surface area contributed by atoms with Crippen molar-refractivity contribution >= 4 is 11.9 Å². The highest BCUT2D eigenvalue weighted by Gasteiger charge is 2.27. The molecular weight excluding hydrogens is 254 g/mol. The highest BCUT2D eigenvalue weighted by Crippen LogP contribution is 2.19. The Balaban J connectivity index is 1.96. The first kappa shape index (κ1) is 14.6. The Morgan fingerprint density at radius 2 is 1.80 bits per heavy atom. The van der Waals surface area contributed by atoms with Gasteiger partial charge in [-0.25, -0.2) is 0 Å². The number of carbonyl (C=O) groups excluding carboxylic acids is 1. The van der Waals surface area contributed by atoms with Gasteiger partial charge in [-0.2, -0.15) is 0 Å². The fourth-order valence-corrected chi connectivity index (χ4v) is 2.61. The third-order valence-electron chi connectivity index (χ3n) is 3.87. The zero-order valence-corrected chi connectivity index (χ0v) is 11.8. The van der Waals surface area contributed by atoms with E-state index in [1.54, 1.807) is 4.90 Å². The number of carbonyl (C=O) groups is 2. The molecule has 1 saturated heterocycles. The minimum atomic E-state index is -0.749. The van der Waals surface area contributed by atoms with E-state index in [-0.39, 0.29) is 11.8 Å². The lowest BCUT2D eigenvalue weighted by molar-refractivity contribution is -0.143. The number of rotatable bonds is 4. The Hall–Kier alpha value is -1.84. The maximum atomic E-state index is 12.3. The fraction of sp³-hybridized carbons (Fsp3) is 0.500. The van der Waals surface area contributed by atoms with Gasteiger partial charge >= 0.3 is 5.97 Å². The van der Waals surface area contributed by atoms with Gasteiger partial charge < -0.3 is 10.0 Å². The zero-order chi connectivity index (χ0) is 14.5. The summed E-state index contributed by atoms with van der Waals surface area (Å²) >= 11 is 0. The van der Waals surface area contributed by atoms with Crippen molar-refractivity contribution in [2.75, 3.05) is 13.1 Å². The smallest absolute Gasteiger partial charge is 0.306 e. The lowest BCUT2D eigenvalue weighted by Crippen LogP contribution is -2.40. The molecule has 1 aromatic rings. The lowest BCUT2D eigenvalue weighted by Gasteiger charge is -2.30. The maximum absolute atomic E-state index is 12.3. The summed E-state index contributed by atoms with van der Waals surface area (Å²) in [7, 11) is 0. The van der Waals surface area contributed by atoms with Crippen molar-refractivity contribution in [3.8, 4) is 0 Å². The van der Waals surface area contributed by atoms with E-state index in [1.165, 1.54) is 5.56 Å². The molecular formula is C16H21NO3. The van der Waals surface area contributed by atoms with Gasteiger partial charge in [0.2, 0.25) is 0 Å². The molecule has 0 bridgehead atoms. The predicted octanol–water partition coefficient (Wildman–Crippen LogP) is 2.58. The summed E-state index contributed by atoms with van der Waals surface area (Å²) in [6.45, 7) is 3.20. The van der Waals surface area contributed by atoms with Crippen LogP contribution in [0.2, 0.25) is 0 Å². The van der Waals surface area contributed by atoms with Crippen molar-refractivity contribution in [3.05, 3.63) is 35.4 Å².